The first-order chi connectivity index (χ1) is 8.11. The van der Waals surface area contributed by atoms with Gasteiger partial charge in [0.1, 0.15) is 17.4 Å². The number of methoxy groups -OCH3 is 1. The van der Waals surface area contributed by atoms with Gasteiger partial charge >= 0.3 is 0 Å². The van der Waals surface area contributed by atoms with Gasteiger partial charge in [0.05, 0.1) is 12.8 Å². The summed E-state index contributed by atoms with van der Waals surface area (Å²) in [6, 6.07) is 6.00. The van der Waals surface area contributed by atoms with Gasteiger partial charge in [-0.25, -0.2) is 4.39 Å². The molecule has 0 unspecified atom stereocenters. The summed E-state index contributed by atoms with van der Waals surface area (Å²) in [4.78, 5) is 0. The predicted octanol–water partition coefficient (Wildman–Crippen LogP) is 2.18. The van der Waals surface area contributed by atoms with E-state index in [1.165, 1.54) is 19.2 Å². The molecule has 0 spiro atoms. The molecule has 1 aromatic carbocycles. The quantitative estimate of drug-likeness (QED) is 0.863. The lowest BCUT2D eigenvalue weighted by Crippen LogP contribution is -1.99. The molecule has 4 nitrogen and oxygen atoms in total. The Morgan fingerprint density at radius 3 is 2.65 bits per heavy atom. The molecule has 17 heavy (non-hydrogen) atoms. The smallest absolute Gasteiger partial charge is 0.149 e. The Balaban J connectivity index is 2.58. The number of nitrogen functional groups attached to an aromatic ring is 1. The minimum atomic E-state index is -0.350. The molecule has 0 aliphatic rings. The average molecular weight is 233 g/mol. The van der Waals surface area contributed by atoms with Crippen LogP contribution >= 0.6 is 0 Å². The van der Waals surface area contributed by atoms with Gasteiger partial charge in [-0.3, -0.25) is 0 Å². The number of anilines is 1. The second-order valence-corrected chi connectivity index (χ2v) is 3.64. The summed E-state index contributed by atoms with van der Waals surface area (Å²) in [6.07, 6.45) is 0. The van der Waals surface area contributed by atoms with E-state index >= 15 is 0 Å². The van der Waals surface area contributed by atoms with Crippen LogP contribution in [0.15, 0.2) is 24.3 Å². The van der Waals surface area contributed by atoms with Crippen LogP contribution in [-0.4, -0.2) is 17.3 Å². The molecule has 1 aromatic heterocycles. The molecule has 0 aliphatic heterocycles. The molecule has 0 aliphatic carbocycles. The van der Waals surface area contributed by atoms with E-state index in [9.17, 15) is 4.39 Å². The Labute approximate surface area is 98.2 Å². The zero-order valence-electron chi connectivity index (χ0n) is 9.57. The maximum absolute atomic E-state index is 13.2. The Morgan fingerprint density at radius 1 is 1.24 bits per heavy atom. The third-order valence-electron chi connectivity index (χ3n) is 2.46. The van der Waals surface area contributed by atoms with Crippen LogP contribution in [0.25, 0.3) is 11.3 Å². The fourth-order valence-electron chi connectivity index (χ4n) is 1.51. The van der Waals surface area contributed by atoms with E-state index in [2.05, 4.69) is 10.2 Å². The Kier molecular flexibility index (Phi) is 2.91. The van der Waals surface area contributed by atoms with Crippen LogP contribution < -0.4 is 10.5 Å². The number of nitrogens with two attached hydrogens (primary N) is 1. The predicted molar refractivity (Wildman–Crippen MR) is 63.1 cm³/mol. The number of ether oxygens (including phenoxy) is 1. The van der Waals surface area contributed by atoms with Crippen LogP contribution in [0.4, 0.5) is 10.2 Å². The number of hydrogen-bond acceptors (Lipinski definition) is 4. The molecule has 5 heteroatoms. The van der Waals surface area contributed by atoms with E-state index in [1.807, 2.05) is 6.92 Å². The van der Waals surface area contributed by atoms with Crippen LogP contribution in [0.1, 0.15) is 5.56 Å². The van der Waals surface area contributed by atoms with Crippen molar-refractivity contribution in [2.24, 2.45) is 0 Å². The highest BCUT2D eigenvalue weighted by Gasteiger charge is 2.10. The third kappa shape index (κ3) is 2.18. The summed E-state index contributed by atoms with van der Waals surface area (Å²) in [7, 11) is 1.52. The van der Waals surface area contributed by atoms with Crippen molar-refractivity contribution in [3.8, 4) is 17.0 Å². The summed E-state index contributed by atoms with van der Waals surface area (Å²) in [5.41, 5.74) is 7.47. The lowest BCUT2D eigenvalue weighted by atomic mass is 10.1. The lowest BCUT2D eigenvalue weighted by Gasteiger charge is -2.08. The highest BCUT2D eigenvalue weighted by atomic mass is 19.1. The Bertz CT molecular complexity index is 557. The summed E-state index contributed by atoms with van der Waals surface area (Å²) in [6.45, 7) is 1.82. The highest BCUT2D eigenvalue weighted by Crippen LogP contribution is 2.29. The Hall–Kier alpha value is -2.17. The van der Waals surface area contributed by atoms with Gasteiger partial charge in [0, 0.05) is 5.56 Å². The molecule has 0 saturated heterocycles. The largest absolute Gasteiger partial charge is 0.496 e. The number of aryl methyl sites for hydroxylation is 1. The number of hydrogen-bond donors (Lipinski definition) is 1. The molecule has 1 heterocycles. The van der Waals surface area contributed by atoms with Gasteiger partial charge in [-0.15, -0.1) is 10.2 Å². The number of rotatable bonds is 2. The topological polar surface area (TPSA) is 61.0 Å². The van der Waals surface area contributed by atoms with Gasteiger partial charge in [0.25, 0.3) is 0 Å². The number of benzene rings is 1. The fourth-order valence-corrected chi connectivity index (χ4v) is 1.51. The number of halogens is 1. The molecule has 2 rings (SSSR count). The minimum absolute atomic E-state index is 0.350. The molecule has 0 bridgehead atoms. The first-order valence-corrected chi connectivity index (χ1v) is 5.05. The van der Waals surface area contributed by atoms with E-state index in [-0.39, 0.29) is 5.82 Å². The van der Waals surface area contributed by atoms with Crippen molar-refractivity contribution in [3.63, 3.8) is 0 Å². The summed E-state index contributed by atoms with van der Waals surface area (Å²) < 4.78 is 18.4. The van der Waals surface area contributed by atoms with E-state index in [1.54, 1.807) is 12.1 Å². The zero-order chi connectivity index (χ0) is 12.4. The van der Waals surface area contributed by atoms with Crippen molar-refractivity contribution in [1.82, 2.24) is 10.2 Å². The molecular formula is C12H12FN3O. The molecular weight excluding hydrogens is 221 g/mol. The van der Waals surface area contributed by atoms with E-state index in [4.69, 9.17) is 10.5 Å². The second-order valence-electron chi connectivity index (χ2n) is 3.64. The minimum Gasteiger partial charge on any atom is -0.496 e. The van der Waals surface area contributed by atoms with Crippen molar-refractivity contribution in [2.75, 3.05) is 12.8 Å². The van der Waals surface area contributed by atoms with Crippen molar-refractivity contribution in [3.05, 3.63) is 35.6 Å². The van der Waals surface area contributed by atoms with Gasteiger partial charge in [0.15, 0.2) is 0 Å². The van der Waals surface area contributed by atoms with E-state index < -0.39 is 0 Å². The highest BCUT2D eigenvalue weighted by molar-refractivity contribution is 5.68. The monoisotopic (exact) mass is 233 g/mol. The summed E-state index contributed by atoms with van der Waals surface area (Å²) >= 11 is 0. The van der Waals surface area contributed by atoms with Crippen LogP contribution in [0.2, 0.25) is 0 Å². The molecule has 88 valence electrons. The van der Waals surface area contributed by atoms with Crippen molar-refractivity contribution in [1.29, 1.82) is 0 Å². The molecule has 0 fully saturated rings. The van der Waals surface area contributed by atoms with Crippen molar-refractivity contribution in [2.45, 2.75) is 6.92 Å². The molecule has 0 saturated carbocycles. The number of nitrogens with zero attached hydrogens (tertiary/aromatic N) is 2. The van der Waals surface area contributed by atoms with E-state index in [0.717, 1.165) is 5.56 Å². The average Bonchev–Trinajstić information content (AvgIpc) is 2.32. The van der Waals surface area contributed by atoms with Crippen LogP contribution in [-0.2, 0) is 0 Å². The zero-order valence-corrected chi connectivity index (χ0v) is 9.57. The molecule has 0 atom stereocenters. The standard InChI is InChI=1S/C12H12FN3O/c1-7-5-10(15-16-12(7)14)9-6-8(13)3-4-11(9)17-2/h3-6H,1-2H3,(H2,14,16). The third-order valence-corrected chi connectivity index (χ3v) is 2.46. The molecule has 2 N–H and O–H groups in total. The first kappa shape index (κ1) is 11.3. The fraction of sp³-hybridized carbons (Fsp3) is 0.167. The van der Waals surface area contributed by atoms with Gasteiger partial charge in [-0.2, -0.15) is 0 Å². The van der Waals surface area contributed by atoms with Crippen molar-refractivity contribution >= 4 is 5.82 Å². The van der Waals surface area contributed by atoms with Crippen molar-refractivity contribution < 1.29 is 9.13 Å². The van der Waals surface area contributed by atoms with Crippen LogP contribution in [0.5, 0.6) is 5.75 Å². The van der Waals surface area contributed by atoms with Gasteiger partial charge in [-0.05, 0) is 36.8 Å². The summed E-state index contributed by atoms with van der Waals surface area (Å²) in [5.74, 6) is 0.561. The maximum atomic E-state index is 13.2. The lowest BCUT2D eigenvalue weighted by molar-refractivity contribution is 0.415. The van der Waals surface area contributed by atoms with Gasteiger partial charge < -0.3 is 10.5 Å². The van der Waals surface area contributed by atoms with Gasteiger partial charge in [-0.1, -0.05) is 0 Å². The second kappa shape index (κ2) is 4.37. The summed E-state index contributed by atoms with van der Waals surface area (Å²) in [5, 5.41) is 7.75. The maximum Gasteiger partial charge on any atom is 0.149 e. The molecule has 0 radical (unpaired) electrons. The first-order valence-electron chi connectivity index (χ1n) is 5.05. The van der Waals surface area contributed by atoms with Crippen LogP contribution in [0.3, 0.4) is 0 Å². The van der Waals surface area contributed by atoms with E-state index in [0.29, 0.717) is 22.8 Å². The molecule has 2 aromatic rings. The SMILES string of the molecule is COc1ccc(F)cc1-c1cc(C)c(N)nn1. The number of aromatic nitrogens is 2. The normalized spacial score (nSPS) is 10.3. The Morgan fingerprint density at radius 2 is 2.00 bits per heavy atom. The van der Waals surface area contributed by atoms with Gasteiger partial charge in [0.2, 0.25) is 0 Å². The van der Waals surface area contributed by atoms with Crippen LogP contribution in [0, 0.1) is 12.7 Å². The molecule has 0 amide bonds.